The molecule has 1 unspecified atom stereocenters. The van der Waals surface area contributed by atoms with Gasteiger partial charge in [0, 0.05) is 10.7 Å². The van der Waals surface area contributed by atoms with Crippen molar-refractivity contribution in [2.75, 3.05) is 6.26 Å². The van der Waals surface area contributed by atoms with Crippen molar-refractivity contribution in [3.05, 3.63) is 56.8 Å². The van der Waals surface area contributed by atoms with E-state index in [1.54, 1.807) is 0 Å². The summed E-state index contributed by atoms with van der Waals surface area (Å²) in [5.74, 6) is -5.32. The maximum Gasteiger partial charge on any atom is 0.408 e. The summed E-state index contributed by atoms with van der Waals surface area (Å²) in [6, 6.07) is 7.75. The second kappa shape index (κ2) is 7.68. The van der Waals surface area contributed by atoms with Gasteiger partial charge in [0.25, 0.3) is 0 Å². The number of hydrogen-bond donors (Lipinski definition) is 1. The molecule has 0 saturated heterocycles. The van der Waals surface area contributed by atoms with Gasteiger partial charge in [-0.05, 0) is 61.6 Å². The number of carboxylic acids is 1. The first-order chi connectivity index (χ1) is 13.8. The third-order valence-corrected chi connectivity index (χ3v) is 6.07. The number of hydrogen-bond acceptors (Lipinski definition) is 6. The van der Waals surface area contributed by atoms with Crippen molar-refractivity contribution in [1.82, 2.24) is 9.78 Å². The smallest absolute Gasteiger partial charge is 0.408 e. The van der Waals surface area contributed by atoms with Gasteiger partial charge >= 0.3 is 11.8 Å². The number of benzene rings is 2. The lowest BCUT2D eigenvalue weighted by atomic mass is 10.2. The molecule has 13 heteroatoms. The van der Waals surface area contributed by atoms with E-state index in [1.807, 2.05) is 0 Å². The van der Waals surface area contributed by atoms with Gasteiger partial charge in [-0.1, -0.05) is 0 Å². The fourth-order valence-corrected chi connectivity index (χ4v) is 5.11. The number of ether oxygens (including phenoxy) is 1. The average Bonchev–Trinajstić information content (AvgIpc) is 2.60. The van der Waals surface area contributed by atoms with E-state index in [4.69, 9.17) is 0 Å². The first kappa shape index (κ1) is 22.3. The Hall–Kier alpha value is -2.43. The Morgan fingerprint density at radius 2 is 1.83 bits per heavy atom. The van der Waals surface area contributed by atoms with E-state index in [1.165, 1.54) is 45.6 Å². The van der Waals surface area contributed by atoms with Crippen molar-refractivity contribution >= 4 is 51.9 Å². The van der Waals surface area contributed by atoms with Gasteiger partial charge in [0.15, 0.2) is 9.84 Å². The molecule has 1 aromatic heterocycles. The average molecular weight is 521 g/mol. The zero-order valence-electron chi connectivity index (χ0n) is 15.0. The second-order valence-electron chi connectivity index (χ2n) is 6.10. The molecule has 1 heterocycles. The third-order valence-electron chi connectivity index (χ3n) is 3.87. The number of alkyl halides is 2. The topological polar surface area (TPSA) is 116 Å². The van der Waals surface area contributed by atoms with Crippen molar-refractivity contribution in [3.8, 4) is 11.4 Å². The van der Waals surface area contributed by atoms with Crippen molar-refractivity contribution in [3.63, 3.8) is 0 Å². The highest BCUT2D eigenvalue weighted by molar-refractivity contribution is 9.10. The molecule has 1 atom stereocenters. The van der Waals surface area contributed by atoms with Crippen LogP contribution in [0.5, 0.6) is 5.75 Å². The van der Waals surface area contributed by atoms with Gasteiger partial charge in [-0.25, -0.2) is 17.9 Å². The molecule has 2 aromatic carbocycles. The lowest BCUT2D eigenvalue weighted by Crippen LogP contribution is -2.24. The molecule has 3 aromatic rings. The first-order valence-electron chi connectivity index (χ1n) is 7.94. The van der Waals surface area contributed by atoms with Crippen molar-refractivity contribution in [2.24, 2.45) is 0 Å². The predicted octanol–water partition coefficient (Wildman–Crippen LogP) is 3.05. The van der Waals surface area contributed by atoms with Crippen LogP contribution >= 0.6 is 25.2 Å². The molecule has 0 saturated carbocycles. The standard InChI is InChI=1S/C17H12BrF2N2O6PS/c1-30(26,27)15-10(18)6-7-11-12(15)14(23)13(16(24)25)21-22(11)8-2-4-9(5-3-8)28-17(19,20)29/h2-7H,29H2,1H3,(H,24,25). The number of carboxylic acid groups (broad SMARTS) is 1. The summed E-state index contributed by atoms with van der Waals surface area (Å²) in [7, 11) is -2.71. The number of nitrogens with zero attached hydrogens (tertiary/aromatic N) is 2. The second-order valence-corrected chi connectivity index (χ2v) is 9.57. The molecule has 30 heavy (non-hydrogen) atoms. The molecule has 0 aliphatic carbocycles. The van der Waals surface area contributed by atoms with E-state index < -0.39 is 32.8 Å². The Balaban J connectivity index is 2.37. The number of fused-ring (bicyclic) bond motifs is 1. The monoisotopic (exact) mass is 520 g/mol. The summed E-state index contributed by atoms with van der Waals surface area (Å²) in [5.41, 5.74) is -1.78. The molecular weight excluding hydrogens is 509 g/mol. The number of aromatic nitrogens is 2. The normalized spacial score (nSPS) is 12.2. The first-order valence-corrected chi connectivity index (χ1v) is 11.2. The highest BCUT2D eigenvalue weighted by Crippen LogP contribution is 2.31. The van der Waals surface area contributed by atoms with Crippen LogP contribution in [-0.2, 0) is 9.84 Å². The predicted molar refractivity (Wildman–Crippen MR) is 110 cm³/mol. The molecule has 8 nitrogen and oxygen atoms in total. The minimum Gasteiger partial charge on any atom is -0.476 e. The van der Waals surface area contributed by atoms with E-state index in [2.05, 4.69) is 25.8 Å². The molecule has 0 aliphatic heterocycles. The Morgan fingerprint density at radius 3 is 2.33 bits per heavy atom. The minimum atomic E-state index is -3.94. The highest BCUT2D eigenvalue weighted by atomic mass is 79.9. The van der Waals surface area contributed by atoms with Gasteiger partial charge in [0.2, 0.25) is 11.1 Å². The van der Waals surface area contributed by atoms with Crippen LogP contribution in [0.2, 0.25) is 0 Å². The zero-order valence-corrected chi connectivity index (χ0v) is 18.5. The number of halogens is 3. The van der Waals surface area contributed by atoms with Gasteiger partial charge in [-0.3, -0.25) is 4.79 Å². The number of aromatic carboxylic acids is 1. The van der Waals surface area contributed by atoms with E-state index in [0.717, 1.165) is 10.9 Å². The van der Waals surface area contributed by atoms with E-state index in [0.29, 0.717) is 0 Å². The van der Waals surface area contributed by atoms with Crippen LogP contribution in [0.25, 0.3) is 16.6 Å². The van der Waals surface area contributed by atoms with Gasteiger partial charge in [0.1, 0.15) is 5.75 Å². The molecule has 0 aliphatic rings. The summed E-state index contributed by atoms with van der Waals surface area (Å²) in [5, 5.41) is 12.9. The Morgan fingerprint density at radius 1 is 1.23 bits per heavy atom. The number of carbonyl (C=O) groups is 1. The van der Waals surface area contributed by atoms with Crippen molar-refractivity contribution in [2.45, 2.75) is 10.7 Å². The molecule has 0 fully saturated rings. The fourth-order valence-electron chi connectivity index (χ4n) is 2.77. The minimum absolute atomic E-state index is 0.0127. The van der Waals surface area contributed by atoms with Crippen LogP contribution in [0.3, 0.4) is 0 Å². The van der Waals surface area contributed by atoms with Crippen LogP contribution in [0.1, 0.15) is 10.5 Å². The Labute approximate surface area is 178 Å². The lowest BCUT2D eigenvalue weighted by molar-refractivity contribution is -0.0892. The molecule has 3 rings (SSSR count). The maximum atomic E-state index is 13.0. The highest BCUT2D eigenvalue weighted by Gasteiger charge is 2.26. The Kier molecular flexibility index (Phi) is 5.70. The van der Waals surface area contributed by atoms with Crippen LogP contribution in [0.15, 0.2) is 50.6 Å². The molecule has 0 bridgehead atoms. The molecule has 1 N–H and O–H groups in total. The van der Waals surface area contributed by atoms with Crippen LogP contribution < -0.4 is 10.2 Å². The summed E-state index contributed by atoms with van der Waals surface area (Å²) in [6.07, 6.45) is 0.881. The van der Waals surface area contributed by atoms with E-state index in [9.17, 15) is 31.9 Å². The molecule has 0 amide bonds. The van der Waals surface area contributed by atoms with Gasteiger partial charge in [-0.15, -0.1) is 0 Å². The van der Waals surface area contributed by atoms with Crippen LogP contribution in [0, 0.1) is 0 Å². The van der Waals surface area contributed by atoms with Gasteiger partial charge < -0.3 is 9.84 Å². The molecule has 158 valence electrons. The summed E-state index contributed by atoms with van der Waals surface area (Å²) in [4.78, 5) is 23.9. The largest absolute Gasteiger partial charge is 0.476 e. The van der Waals surface area contributed by atoms with Crippen LogP contribution in [-0.4, -0.2) is 41.4 Å². The molecular formula is C17H12BrF2N2O6PS. The summed E-state index contributed by atoms with van der Waals surface area (Å²) >= 11 is 3.08. The Bertz CT molecular complexity index is 1340. The van der Waals surface area contributed by atoms with E-state index in [-0.39, 0.29) is 31.7 Å². The van der Waals surface area contributed by atoms with Gasteiger partial charge in [0.05, 0.1) is 21.5 Å². The molecule has 0 spiro atoms. The van der Waals surface area contributed by atoms with Crippen LogP contribution in [0.4, 0.5) is 8.78 Å². The maximum absolute atomic E-state index is 13.0. The fraction of sp³-hybridized carbons (Fsp3) is 0.118. The summed E-state index contributed by atoms with van der Waals surface area (Å²) < 4.78 is 56.1. The SMILES string of the molecule is CS(=O)(=O)c1c(Br)ccc2c1c(=O)c(C(=O)O)nn2-c1ccc(OC(F)(F)P)cc1. The van der Waals surface area contributed by atoms with E-state index >= 15 is 0 Å². The number of sulfone groups is 1. The third kappa shape index (κ3) is 4.35. The van der Waals surface area contributed by atoms with Gasteiger partial charge in [-0.2, -0.15) is 13.9 Å². The zero-order chi connectivity index (χ0) is 22.4. The number of rotatable bonds is 5. The van der Waals surface area contributed by atoms with Crippen molar-refractivity contribution in [1.29, 1.82) is 0 Å². The lowest BCUT2D eigenvalue weighted by Gasteiger charge is -2.15. The van der Waals surface area contributed by atoms with Crippen molar-refractivity contribution < 1.29 is 31.8 Å². The molecule has 0 radical (unpaired) electrons. The quantitative estimate of drug-likeness (QED) is 0.514. The summed E-state index contributed by atoms with van der Waals surface area (Å²) in [6.45, 7) is 0.